The minimum Gasteiger partial charge on any atom is -0.325 e. The van der Waals surface area contributed by atoms with Gasteiger partial charge in [-0.2, -0.15) is 5.10 Å². The Morgan fingerprint density at radius 2 is 1.45 bits per heavy atom. The second kappa shape index (κ2) is 9.39. The fourth-order valence-electron chi connectivity index (χ4n) is 3.63. The maximum Gasteiger partial charge on any atom is 0.225 e. The van der Waals surface area contributed by atoms with Crippen LogP contribution < -0.4 is 5.32 Å². The molecule has 0 bridgehead atoms. The molecule has 31 heavy (non-hydrogen) atoms. The predicted octanol–water partition coefficient (Wildman–Crippen LogP) is 5.76. The quantitative estimate of drug-likeness (QED) is 0.407. The highest BCUT2D eigenvalue weighted by Gasteiger charge is 2.20. The van der Waals surface area contributed by atoms with Crippen LogP contribution in [-0.4, -0.2) is 21.1 Å². The zero-order valence-electron chi connectivity index (χ0n) is 17.7. The Bertz CT molecular complexity index is 1100. The van der Waals surface area contributed by atoms with Crippen LogP contribution in [0.15, 0.2) is 84.9 Å². The van der Waals surface area contributed by atoms with E-state index in [4.69, 9.17) is 0 Å². The van der Waals surface area contributed by atoms with Gasteiger partial charge in [-0.3, -0.25) is 9.89 Å². The normalized spacial score (nSPS) is 11.1. The first-order valence-electron chi connectivity index (χ1n) is 10.5. The van der Waals surface area contributed by atoms with E-state index in [0.717, 1.165) is 22.5 Å². The molecule has 156 valence electrons. The number of aromatic amines is 1. The first kappa shape index (κ1) is 20.5. The van der Waals surface area contributed by atoms with Crippen LogP contribution in [0.3, 0.4) is 0 Å². The highest BCUT2D eigenvalue weighted by atomic mass is 16.1. The number of para-hydroxylation sites is 1. The molecule has 0 atom stereocenters. The van der Waals surface area contributed by atoms with Gasteiger partial charge in [0.05, 0.1) is 5.69 Å². The van der Waals surface area contributed by atoms with E-state index in [1.807, 2.05) is 60.7 Å². The van der Waals surface area contributed by atoms with E-state index >= 15 is 0 Å². The molecule has 1 amide bonds. The monoisotopic (exact) mass is 410 g/mol. The van der Waals surface area contributed by atoms with E-state index in [-0.39, 0.29) is 17.7 Å². The summed E-state index contributed by atoms with van der Waals surface area (Å²) in [5, 5.41) is 10.4. The number of hydrogen-bond donors (Lipinski definition) is 2. The van der Waals surface area contributed by atoms with E-state index in [1.165, 1.54) is 0 Å². The summed E-state index contributed by atoms with van der Waals surface area (Å²) in [5.74, 6) is 1.59. The SMILES string of the molecule is CC(C)c1nc(-c2ccccc2NC(=O)CC(c2ccccc2)c2ccccc2)n[nH]1. The van der Waals surface area contributed by atoms with Crippen molar-refractivity contribution in [2.45, 2.75) is 32.1 Å². The molecule has 0 aliphatic heterocycles. The van der Waals surface area contributed by atoms with Crippen LogP contribution in [0.1, 0.15) is 49.1 Å². The topological polar surface area (TPSA) is 70.7 Å². The third-order valence-corrected chi connectivity index (χ3v) is 5.29. The van der Waals surface area contributed by atoms with Crippen LogP contribution in [0.4, 0.5) is 5.69 Å². The average molecular weight is 411 g/mol. The molecule has 2 N–H and O–H groups in total. The molecule has 0 aliphatic rings. The van der Waals surface area contributed by atoms with Crippen LogP contribution in [-0.2, 0) is 4.79 Å². The summed E-state index contributed by atoms with van der Waals surface area (Å²) in [7, 11) is 0. The van der Waals surface area contributed by atoms with Crippen molar-refractivity contribution in [3.63, 3.8) is 0 Å². The highest BCUT2D eigenvalue weighted by molar-refractivity contribution is 5.95. The summed E-state index contributed by atoms with van der Waals surface area (Å²) in [6.45, 7) is 4.12. The van der Waals surface area contributed by atoms with Gasteiger partial charge in [0.25, 0.3) is 0 Å². The minimum absolute atomic E-state index is 0.0226. The van der Waals surface area contributed by atoms with Gasteiger partial charge in [0.15, 0.2) is 5.82 Å². The lowest BCUT2D eigenvalue weighted by Crippen LogP contribution is -2.17. The molecule has 0 unspecified atom stereocenters. The van der Waals surface area contributed by atoms with Crippen molar-refractivity contribution in [2.75, 3.05) is 5.32 Å². The molecule has 3 aromatic carbocycles. The number of aromatic nitrogens is 3. The molecule has 0 saturated carbocycles. The second-order valence-corrected chi connectivity index (χ2v) is 7.87. The molecule has 0 saturated heterocycles. The van der Waals surface area contributed by atoms with Crippen molar-refractivity contribution in [2.24, 2.45) is 0 Å². The Morgan fingerprint density at radius 3 is 2.03 bits per heavy atom. The lowest BCUT2D eigenvalue weighted by atomic mass is 9.88. The number of anilines is 1. The number of H-pyrrole nitrogens is 1. The van der Waals surface area contributed by atoms with Crippen LogP contribution in [0.5, 0.6) is 0 Å². The second-order valence-electron chi connectivity index (χ2n) is 7.87. The summed E-state index contributed by atoms with van der Waals surface area (Å²) < 4.78 is 0. The molecular formula is C26H26N4O. The number of carbonyl (C=O) groups is 1. The molecule has 5 nitrogen and oxygen atoms in total. The van der Waals surface area contributed by atoms with Crippen molar-refractivity contribution < 1.29 is 4.79 Å². The minimum atomic E-state index is -0.0511. The van der Waals surface area contributed by atoms with Crippen molar-refractivity contribution >= 4 is 11.6 Å². The highest BCUT2D eigenvalue weighted by Crippen LogP contribution is 2.30. The van der Waals surface area contributed by atoms with Crippen LogP contribution in [0, 0.1) is 0 Å². The van der Waals surface area contributed by atoms with E-state index in [1.54, 1.807) is 0 Å². The summed E-state index contributed by atoms with van der Waals surface area (Å²) >= 11 is 0. The van der Waals surface area contributed by atoms with Gasteiger partial charge in [0, 0.05) is 23.8 Å². The van der Waals surface area contributed by atoms with Crippen molar-refractivity contribution in [1.82, 2.24) is 15.2 Å². The fourth-order valence-corrected chi connectivity index (χ4v) is 3.63. The molecule has 4 rings (SSSR count). The number of carbonyl (C=O) groups excluding carboxylic acids is 1. The van der Waals surface area contributed by atoms with Gasteiger partial charge in [0.1, 0.15) is 5.82 Å². The molecule has 0 fully saturated rings. The van der Waals surface area contributed by atoms with Crippen LogP contribution in [0.2, 0.25) is 0 Å². The van der Waals surface area contributed by atoms with Crippen molar-refractivity contribution in [3.05, 3.63) is 102 Å². The van der Waals surface area contributed by atoms with E-state index < -0.39 is 0 Å². The molecule has 0 spiro atoms. The first-order valence-corrected chi connectivity index (χ1v) is 10.5. The molecule has 0 aliphatic carbocycles. The Labute approximate surface area is 182 Å². The van der Waals surface area contributed by atoms with Crippen molar-refractivity contribution in [3.8, 4) is 11.4 Å². The molecule has 1 aromatic heterocycles. The maximum atomic E-state index is 13.1. The van der Waals surface area contributed by atoms with Gasteiger partial charge in [-0.25, -0.2) is 4.98 Å². The molecule has 0 radical (unpaired) electrons. The van der Waals surface area contributed by atoms with Crippen molar-refractivity contribution in [1.29, 1.82) is 0 Å². The number of amides is 1. The number of hydrogen-bond acceptors (Lipinski definition) is 3. The lowest BCUT2D eigenvalue weighted by Gasteiger charge is -2.18. The Morgan fingerprint density at radius 1 is 0.871 bits per heavy atom. The van der Waals surface area contributed by atoms with E-state index in [2.05, 4.69) is 58.6 Å². The zero-order chi connectivity index (χ0) is 21.6. The number of nitrogens with one attached hydrogen (secondary N) is 2. The summed E-state index contributed by atoms with van der Waals surface area (Å²) in [4.78, 5) is 17.7. The van der Waals surface area contributed by atoms with Crippen LogP contribution >= 0.6 is 0 Å². The van der Waals surface area contributed by atoms with Gasteiger partial charge in [0.2, 0.25) is 5.91 Å². The summed E-state index contributed by atoms with van der Waals surface area (Å²) in [5.41, 5.74) is 3.75. The third-order valence-electron chi connectivity index (χ3n) is 5.29. The van der Waals surface area contributed by atoms with E-state index in [9.17, 15) is 4.79 Å². The Balaban J connectivity index is 1.58. The lowest BCUT2D eigenvalue weighted by molar-refractivity contribution is -0.116. The first-order chi connectivity index (χ1) is 15.1. The average Bonchev–Trinajstić information content (AvgIpc) is 3.30. The predicted molar refractivity (Wildman–Crippen MR) is 124 cm³/mol. The van der Waals surface area contributed by atoms with Gasteiger partial charge >= 0.3 is 0 Å². The Hall–Kier alpha value is -3.73. The summed E-state index contributed by atoms with van der Waals surface area (Å²) in [6.07, 6.45) is 0.341. The molecule has 1 heterocycles. The number of benzene rings is 3. The number of rotatable bonds is 7. The van der Waals surface area contributed by atoms with E-state index in [0.29, 0.717) is 17.9 Å². The number of nitrogens with zero attached hydrogens (tertiary/aromatic N) is 2. The molecule has 4 aromatic rings. The van der Waals surface area contributed by atoms with Crippen LogP contribution in [0.25, 0.3) is 11.4 Å². The summed E-state index contributed by atoms with van der Waals surface area (Å²) in [6, 6.07) is 27.9. The van der Waals surface area contributed by atoms with Gasteiger partial charge in [-0.05, 0) is 23.3 Å². The Kier molecular flexibility index (Phi) is 6.22. The standard InChI is InChI=1S/C26H26N4O/c1-18(2)25-28-26(30-29-25)21-15-9-10-16-23(21)27-24(31)17-22(19-11-5-3-6-12-19)20-13-7-4-8-14-20/h3-16,18,22H,17H2,1-2H3,(H,27,31)(H,28,29,30). The largest absolute Gasteiger partial charge is 0.325 e. The maximum absolute atomic E-state index is 13.1. The zero-order valence-corrected chi connectivity index (χ0v) is 17.7. The van der Waals surface area contributed by atoms with Gasteiger partial charge in [-0.1, -0.05) is 86.6 Å². The molecule has 5 heteroatoms. The van der Waals surface area contributed by atoms with Gasteiger partial charge < -0.3 is 5.32 Å². The fraction of sp³-hybridized carbons (Fsp3) is 0.192. The van der Waals surface area contributed by atoms with Gasteiger partial charge in [-0.15, -0.1) is 0 Å². The molecular weight excluding hydrogens is 384 g/mol. The third kappa shape index (κ3) is 4.89. The smallest absolute Gasteiger partial charge is 0.225 e.